The number of hydrogen-bond acceptors (Lipinski definition) is 9. The molecular weight excluding hydrogens is 558 g/mol. The highest BCUT2D eigenvalue weighted by molar-refractivity contribution is 5.78. The van der Waals surface area contributed by atoms with E-state index in [1.807, 2.05) is 0 Å². The molecule has 0 aromatic heterocycles. The molecule has 3 aliphatic rings. The topological polar surface area (TPSA) is 159 Å². The van der Waals surface area contributed by atoms with Crippen molar-refractivity contribution in [1.82, 2.24) is 47.9 Å². The smallest absolute Gasteiger partial charge is 0.220 e. The van der Waals surface area contributed by atoms with Crippen molar-refractivity contribution in [3.05, 3.63) is 0 Å². The van der Waals surface area contributed by atoms with Crippen molar-refractivity contribution in [2.75, 3.05) is 91.6 Å². The molecule has 1 saturated carbocycles. The minimum atomic E-state index is -0.439. The highest BCUT2D eigenvalue weighted by atomic mass is 16.2. The van der Waals surface area contributed by atoms with Gasteiger partial charge in [-0.2, -0.15) is 0 Å². The zero-order valence-corrected chi connectivity index (χ0v) is 27.0. The van der Waals surface area contributed by atoms with Gasteiger partial charge in [0.05, 0.1) is 5.54 Å². The highest BCUT2D eigenvalue weighted by Crippen LogP contribution is 2.51. The molecule has 0 spiro atoms. The van der Waals surface area contributed by atoms with E-state index in [0.29, 0.717) is 57.9 Å². The molecular formula is C32H59N9O3. The lowest BCUT2D eigenvalue weighted by Crippen LogP contribution is -2.65. The fourth-order valence-electron chi connectivity index (χ4n) is 6.37. The monoisotopic (exact) mass is 617 g/mol. The molecule has 0 aromatic carbocycles. The van der Waals surface area contributed by atoms with Crippen LogP contribution in [0.5, 0.6) is 0 Å². The molecule has 3 amide bonds. The summed E-state index contributed by atoms with van der Waals surface area (Å²) in [4.78, 5) is 36.5. The number of fused-ring (bicyclic) bond motifs is 1. The van der Waals surface area contributed by atoms with Gasteiger partial charge in [-0.05, 0) is 56.5 Å². The SMILES string of the molecule is CC(=O)NC1(CNCCNCCNC(=O)CCCC(=O)NC[C@H]2[C@@H]3CCC#CCC[C@@H]32)CNCCNCCCNCCNC1. The Morgan fingerprint density at radius 1 is 0.727 bits per heavy atom. The number of carbonyl (C=O) groups excluding carboxylic acids is 3. The van der Waals surface area contributed by atoms with Crippen molar-refractivity contribution in [1.29, 1.82) is 0 Å². The summed E-state index contributed by atoms with van der Waals surface area (Å²) in [6.07, 6.45) is 6.72. The van der Waals surface area contributed by atoms with Gasteiger partial charge in [0.15, 0.2) is 0 Å². The lowest BCUT2D eigenvalue weighted by Gasteiger charge is -2.36. The summed E-state index contributed by atoms with van der Waals surface area (Å²) in [5, 5.41) is 30.0. The molecule has 12 heteroatoms. The zero-order valence-electron chi connectivity index (χ0n) is 27.0. The van der Waals surface area contributed by atoms with Crippen LogP contribution in [0.15, 0.2) is 0 Å². The van der Waals surface area contributed by atoms with Crippen LogP contribution in [0.3, 0.4) is 0 Å². The van der Waals surface area contributed by atoms with Crippen LogP contribution in [-0.2, 0) is 14.4 Å². The van der Waals surface area contributed by atoms with Gasteiger partial charge in [-0.15, -0.1) is 11.8 Å². The number of amides is 3. The first kappa shape index (κ1) is 36.2. The maximum atomic E-state index is 12.3. The average molecular weight is 618 g/mol. The van der Waals surface area contributed by atoms with E-state index in [9.17, 15) is 14.4 Å². The van der Waals surface area contributed by atoms with Gasteiger partial charge in [-0.1, -0.05) is 0 Å². The predicted octanol–water partition coefficient (Wildman–Crippen LogP) is -1.36. The van der Waals surface area contributed by atoms with Crippen molar-refractivity contribution in [3.63, 3.8) is 0 Å². The second-order valence-corrected chi connectivity index (χ2v) is 12.5. The molecule has 2 aliphatic carbocycles. The molecule has 1 heterocycles. The van der Waals surface area contributed by atoms with Crippen molar-refractivity contribution in [2.45, 2.75) is 63.8 Å². The van der Waals surface area contributed by atoms with Crippen LogP contribution >= 0.6 is 0 Å². The third kappa shape index (κ3) is 15.1. The molecule has 0 radical (unpaired) electrons. The van der Waals surface area contributed by atoms with Crippen molar-refractivity contribution >= 4 is 17.7 Å². The Hall–Kier alpha value is -2.27. The van der Waals surface area contributed by atoms with Gasteiger partial charge in [0, 0.05) is 111 Å². The summed E-state index contributed by atoms with van der Waals surface area (Å²) < 4.78 is 0. The first-order valence-electron chi connectivity index (χ1n) is 17.0. The molecule has 44 heavy (non-hydrogen) atoms. The number of rotatable bonds is 15. The normalized spacial score (nSPS) is 24.2. The van der Waals surface area contributed by atoms with Crippen molar-refractivity contribution < 1.29 is 14.4 Å². The average Bonchev–Trinajstić information content (AvgIpc) is 3.63. The van der Waals surface area contributed by atoms with Crippen LogP contribution in [0.2, 0.25) is 0 Å². The molecule has 250 valence electrons. The molecule has 1 saturated heterocycles. The molecule has 0 unspecified atom stereocenters. The van der Waals surface area contributed by atoms with Crippen LogP contribution in [0.25, 0.3) is 0 Å². The van der Waals surface area contributed by atoms with Crippen LogP contribution in [0.1, 0.15) is 58.3 Å². The van der Waals surface area contributed by atoms with Gasteiger partial charge in [0.1, 0.15) is 0 Å². The molecule has 12 nitrogen and oxygen atoms in total. The molecule has 3 atom stereocenters. The van der Waals surface area contributed by atoms with E-state index >= 15 is 0 Å². The molecule has 1 aliphatic heterocycles. The Morgan fingerprint density at radius 3 is 1.93 bits per heavy atom. The fraction of sp³-hybridized carbons (Fsp3) is 0.844. The summed E-state index contributed by atoms with van der Waals surface area (Å²) in [7, 11) is 0. The standard InChI is InChI=1S/C32H59N9O3/c1-26(42)41-32(23-36-17-14-33-12-7-13-34-15-18-37-24-32)25-38-19-16-35-20-21-39-30(43)10-6-11-31(44)40-22-29-27-8-4-2-3-5-9-28(27)29/h27-29,33-38H,4-25H2,1H3,(H,39,43)(H,40,44)(H,41,42)/t27-,28+,29+. The molecule has 2 fully saturated rings. The van der Waals surface area contributed by atoms with E-state index in [2.05, 4.69) is 59.7 Å². The number of carbonyl (C=O) groups is 3. The Morgan fingerprint density at radius 2 is 1.30 bits per heavy atom. The second-order valence-electron chi connectivity index (χ2n) is 12.5. The molecule has 0 aromatic rings. The van der Waals surface area contributed by atoms with E-state index in [1.54, 1.807) is 6.92 Å². The zero-order chi connectivity index (χ0) is 31.3. The highest BCUT2D eigenvalue weighted by Gasteiger charge is 2.48. The quantitative estimate of drug-likeness (QED) is 0.0800. The third-order valence-corrected chi connectivity index (χ3v) is 8.78. The van der Waals surface area contributed by atoms with Gasteiger partial charge in [0.2, 0.25) is 17.7 Å². The molecule has 3 rings (SSSR count). The largest absolute Gasteiger partial charge is 0.356 e. The fourth-order valence-corrected chi connectivity index (χ4v) is 6.37. The summed E-state index contributed by atoms with van der Waals surface area (Å²) in [6, 6.07) is 0. The van der Waals surface area contributed by atoms with Gasteiger partial charge < -0.3 is 47.9 Å². The van der Waals surface area contributed by atoms with Gasteiger partial charge in [0.25, 0.3) is 0 Å². The lowest BCUT2D eigenvalue weighted by molar-refractivity contribution is -0.123. The van der Waals surface area contributed by atoms with E-state index in [-0.39, 0.29) is 17.7 Å². The minimum Gasteiger partial charge on any atom is -0.356 e. The summed E-state index contributed by atoms with van der Waals surface area (Å²) in [5.41, 5.74) is -0.439. The molecule has 0 bridgehead atoms. The number of hydrogen-bond donors (Lipinski definition) is 9. The van der Waals surface area contributed by atoms with E-state index in [4.69, 9.17) is 0 Å². The first-order chi connectivity index (χ1) is 21.5. The maximum absolute atomic E-state index is 12.3. The minimum absolute atomic E-state index is 0.0186. The maximum Gasteiger partial charge on any atom is 0.220 e. The summed E-state index contributed by atoms with van der Waals surface area (Å²) in [5.74, 6) is 8.51. The van der Waals surface area contributed by atoms with E-state index < -0.39 is 5.54 Å². The summed E-state index contributed by atoms with van der Waals surface area (Å²) >= 11 is 0. The van der Waals surface area contributed by atoms with Crippen molar-refractivity contribution in [3.8, 4) is 11.8 Å². The van der Waals surface area contributed by atoms with Crippen LogP contribution < -0.4 is 47.9 Å². The molecule has 9 N–H and O–H groups in total. The predicted molar refractivity (Wildman–Crippen MR) is 175 cm³/mol. The van der Waals surface area contributed by atoms with Crippen LogP contribution in [-0.4, -0.2) is 115 Å². The number of nitrogens with one attached hydrogen (secondary N) is 9. The van der Waals surface area contributed by atoms with E-state index in [0.717, 1.165) is 103 Å². The Labute approximate surface area is 264 Å². The van der Waals surface area contributed by atoms with Crippen LogP contribution in [0, 0.1) is 29.6 Å². The lowest BCUT2D eigenvalue weighted by atomic mass is 9.98. The Bertz CT molecular complexity index is 890. The first-order valence-corrected chi connectivity index (χ1v) is 17.0. The van der Waals surface area contributed by atoms with Gasteiger partial charge in [-0.3, -0.25) is 14.4 Å². The Kier molecular flexibility index (Phi) is 17.7. The van der Waals surface area contributed by atoms with E-state index in [1.165, 1.54) is 0 Å². The van der Waals surface area contributed by atoms with Crippen molar-refractivity contribution in [2.24, 2.45) is 17.8 Å². The van der Waals surface area contributed by atoms with Gasteiger partial charge in [-0.25, -0.2) is 0 Å². The van der Waals surface area contributed by atoms with Crippen LogP contribution in [0.4, 0.5) is 0 Å². The Balaban J connectivity index is 1.21. The van der Waals surface area contributed by atoms with Gasteiger partial charge >= 0.3 is 0 Å². The second kappa shape index (κ2) is 21.5. The third-order valence-electron chi connectivity index (χ3n) is 8.78. The summed E-state index contributed by atoms with van der Waals surface area (Å²) in [6.45, 7) is 12.5.